The first-order valence-electron chi connectivity index (χ1n) is 5.38. The lowest BCUT2D eigenvalue weighted by Gasteiger charge is -2.16. The summed E-state index contributed by atoms with van der Waals surface area (Å²) in [5.41, 5.74) is 0. The first-order valence-corrected chi connectivity index (χ1v) is 5.38. The number of cyclic esters (lactones) is 1. The van der Waals surface area contributed by atoms with Crippen molar-refractivity contribution in [3.8, 4) is 0 Å². The molecule has 0 unspecified atom stereocenters. The summed E-state index contributed by atoms with van der Waals surface area (Å²) in [6, 6.07) is 0. The summed E-state index contributed by atoms with van der Waals surface area (Å²) in [5, 5.41) is 0. The van der Waals surface area contributed by atoms with Crippen molar-refractivity contribution in [2.24, 2.45) is 11.8 Å². The number of Topliss-reactive ketones (excluding diaryl/α,β-unsaturated/α-hetero) is 1. The average Bonchev–Trinajstić information content (AvgIpc) is 2.41. The van der Waals surface area contributed by atoms with E-state index in [1.807, 2.05) is 13.8 Å². The third-order valence-electron chi connectivity index (χ3n) is 2.36. The number of ether oxygens (including phenoxy) is 2. The smallest absolute Gasteiger partial charge is 0.376 e. The van der Waals surface area contributed by atoms with Gasteiger partial charge in [-0.2, -0.15) is 0 Å². The second-order valence-corrected chi connectivity index (χ2v) is 4.17. The molecule has 5 heteroatoms. The van der Waals surface area contributed by atoms with Crippen LogP contribution in [0.2, 0.25) is 0 Å². The summed E-state index contributed by atoms with van der Waals surface area (Å²) in [7, 11) is 0. The average molecular weight is 228 g/mol. The van der Waals surface area contributed by atoms with Crippen LogP contribution in [-0.4, -0.2) is 30.4 Å². The molecule has 0 amide bonds. The Kier molecular flexibility index (Phi) is 4.04. The number of hydrogen-bond acceptors (Lipinski definition) is 5. The highest BCUT2D eigenvalue weighted by Gasteiger charge is 2.48. The fraction of sp³-hybridized carbons (Fsp3) is 0.727. The Labute approximate surface area is 94.1 Å². The van der Waals surface area contributed by atoms with Gasteiger partial charge in [-0.25, -0.2) is 4.79 Å². The molecule has 1 rings (SSSR count). The van der Waals surface area contributed by atoms with E-state index < -0.39 is 29.7 Å². The van der Waals surface area contributed by atoms with Crippen LogP contribution >= 0.6 is 0 Å². The number of hydrogen-bond donors (Lipinski definition) is 0. The van der Waals surface area contributed by atoms with Crippen molar-refractivity contribution >= 4 is 17.7 Å². The Balaban J connectivity index is 2.79. The molecular formula is C11H16O5. The zero-order chi connectivity index (χ0) is 12.3. The molecule has 1 saturated heterocycles. The number of ketones is 1. The maximum atomic E-state index is 11.5. The predicted molar refractivity (Wildman–Crippen MR) is 54.5 cm³/mol. The van der Waals surface area contributed by atoms with E-state index in [-0.39, 0.29) is 12.5 Å². The van der Waals surface area contributed by atoms with E-state index in [1.54, 1.807) is 6.92 Å². The van der Waals surface area contributed by atoms with E-state index in [1.165, 1.54) is 0 Å². The van der Waals surface area contributed by atoms with Gasteiger partial charge in [0, 0.05) is 0 Å². The Morgan fingerprint density at radius 2 is 2.06 bits per heavy atom. The van der Waals surface area contributed by atoms with E-state index in [4.69, 9.17) is 9.47 Å². The zero-order valence-corrected chi connectivity index (χ0v) is 9.69. The number of carbonyl (C=O) groups is 3. The molecule has 0 aliphatic carbocycles. The first kappa shape index (κ1) is 12.7. The first-order chi connectivity index (χ1) is 7.47. The van der Waals surface area contributed by atoms with Gasteiger partial charge in [-0.05, 0) is 19.3 Å². The predicted octanol–water partition coefficient (Wildman–Crippen LogP) is 0.706. The molecule has 0 aromatic carbocycles. The molecule has 0 N–H and O–H groups in total. The van der Waals surface area contributed by atoms with Gasteiger partial charge in [0.15, 0.2) is 5.92 Å². The van der Waals surface area contributed by atoms with Crippen molar-refractivity contribution in [2.45, 2.75) is 33.3 Å². The number of esters is 2. The maximum Gasteiger partial charge on any atom is 0.376 e. The Hall–Kier alpha value is -1.39. The van der Waals surface area contributed by atoms with Crippen LogP contribution in [0, 0.1) is 11.8 Å². The molecule has 0 aromatic heterocycles. The largest absolute Gasteiger partial charge is 0.465 e. The summed E-state index contributed by atoms with van der Waals surface area (Å²) in [6.45, 7) is 5.69. The van der Waals surface area contributed by atoms with Gasteiger partial charge in [0.25, 0.3) is 5.78 Å². The van der Waals surface area contributed by atoms with Gasteiger partial charge < -0.3 is 9.47 Å². The van der Waals surface area contributed by atoms with Crippen LogP contribution in [-0.2, 0) is 23.9 Å². The van der Waals surface area contributed by atoms with E-state index in [9.17, 15) is 14.4 Å². The minimum absolute atomic E-state index is 0.186. The summed E-state index contributed by atoms with van der Waals surface area (Å²) in [4.78, 5) is 34.1. The highest BCUT2D eigenvalue weighted by Crippen LogP contribution is 2.25. The van der Waals surface area contributed by atoms with Crippen LogP contribution in [0.15, 0.2) is 0 Å². The zero-order valence-electron chi connectivity index (χ0n) is 9.69. The third-order valence-corrected chi connectivity index (χ3v) is 2.36. The molecule has 1 heterocycles. The fourth-order valence-electron chi connectivity index (χ4n) is 1.70. The Morgan fingerprint density at radius 1 is 1.44 bits per heavy atom. The molecular weight excluding hydrogens is 212 g/mol. The van der Waals surface area contributed by atoms with E-state index >= 15 is 0 Å². The second kappa shape index (κ2) is 5.09. The van der Waals surface area contributed by atoms with Crippen LogP contribution < -0.4 is 0 Å². The highest BCUT2D eigenvalue weighted by atomic mass is 16.6. The highest BCUT2D eigenvalue weighted by molar-refractivity contribution is 6.40. The molecule has 0 aromatic rings. The minimum atomic E-state index is -1.07. The van der Waals surface area contributed by atoms with E-state index in [0.717, 1.165) is 0 Å². The summed E-state index contributed by atoms with van der Waals surface area (Å²) in [5.74, 6) is -3.22. The molecule has 1 aliphatic rings. The molecule has 5 nitrogen and oxygen atoms in total. The van der Waals surface area contributed by atoms with Crippen molar-refractivity contribution in [2.75, 3.05) is 6.61 Å². The molecule has 0 spiro atoms. The van der Waals surface area contributed by atoms with Crippen LogP contribution in [0.25, 0.3) is 0 Å². The molecule has 2 atom stereocenters. The molecule has 0 bridgehead atoms. The lowest BCUT2D eigenvalue weighted by molar-refractivity contribution is -0.152. The molecule has 0 saturated carbocycles. The summed E-state index contributed by atoms with van der Waals surface area (Å²) in [6.07, 6.45) is -0.180. The van der Waals surface area contributed by atoms with Gasteiger partial charge in [-0.15, -0.1) is 0 Å². The van der Waals surface area contributed by atoms with Gasteiger partial charge in [0.1, 0.15) is 6.10 Å². The normalized spacial score (nSPS) is 24.8. The van der Waals surface area contributed by atoms with Crippen LogP contribution in [0.1, 0.15) is 27.2 Å². The van der Waals surface area contributed by atoms with Crippen LogP contribution in [0.4, 0.5) is 0 Å². The monoisotopic (exact) mass is 228 g/mol. The second-order valence-electron chi connectivity index (χ2n) is 4.17. The van der Waals surface area contributed by atoms with Gasteiger partial charge in [0.05, 0.1) is 6.61 Å². The molecule has 0 radical (unpaired) electrons. The Morgan fingerprint density at radius 3 is 2.56 bits per heavy atom. The van der Waals surface area contributed by atoms with Gasteiger partial charge in [-0.1, -0.05) is 13.8 Å². The third kappa shape index (κ3) is 2.59. The van der Waals surface area contributed by atoms with Crippen molar-refractivity contribution in [1.29, 1.82) is 0 Å². The van der Waals surface area contributed by atoms with Crippen molar-refractivity contribution in [3.05, 3.63) is 0 Å². The lowest BCUT2D eigenvalue weighted by atomic mass is 9.93. The quantitative estimate of drug-likeness (QED) is 0.402. The van der Waals surface area contributed by atoms with Gasteiger partial charge in [0.2, 0.25) is 0 Å². The van der Waals surface area contributed by atoms with Crippen molar-refractivity contribution < 1.29 is 23.9 Å². The van der Waals surface area contributed by atoms with Crippen LogP contribution in [0.3, 0.4) is 0 Å². The topological polar surface area (TPSA) is 69.7 Å². The van der Waals surface area contributed by atoms with Gasteiger partial charge >= 0.3 is 11.9 Å². The fourth-order valence-corrected chi connectivity index (χ4v) is 1.70. The molecule has 1 fully saturated rings. The Bertz CT molecular complexity index is 307. The van der Waals surface area contributed by atoms with Crippen molar-refractivity contribution in [3.63, 3.8) is 0 Å². The van der Waals surface area contributed by atoms with Gasteiger partial charge in [-0.3, -0.25) is 9.59 Å². The van der Waals surface area contributed by atoms with Crippen LogP contribution in [0.5, 0.6) is 0 Å². The molecule has 16 heavy (non-hydrogen) atoms. The number of carbonyl (C=O) groups excluding carboxylic acids is 3. The van der Waals surface area contributed by atoms with E-state index in [2.05, 4.69) is 0 Å². The minimum Gasteiger partial charge on any atom is -0.465 e. The lowest BCUT2D eigenvalue weighted by Crippen LogP contribution is -2.32. The van der Waals surface area contributed by atoms with E-state index in [0.29, 0.717) is 6.42 Å². The summed E-state index contributed by atoms with van der Waals surface area (Å²) >= 11 is 0. The van der Waals surface area contributed by atoms with Crippen molar-refractivity contribution in [1.82, 2.24) is 0 Å². The SMILES string of the molecule is CCOC(=O)[C@@H]1C(=O)C(=O)O[C@@H]1CC(C)C. The molecule has 1 aliphatic heterocycles. The molecule has 90 valence electrons. The standard InChI is InChI=1S/C11H16O5/c1-4-15-10(13)8-7(5-6(2)3)16-11(14)9(8)12/h6-8H,4-5H2,1-3H3/t7-,8+/m1/s1. The maximum absolute atomic E-state index is 11.5. The number of rotatable bonds is 4. The summed E-state index contributed by atoms with van der Waals surface area (Å²) < 4.78 is 9.64.